The van der Waals surface area contributed by atoms with Crippen molar-refractivity contribution in [1.82, 2.24) is 25.0 Å². The van der Waals surface area contributed by atoms with Gasteiger partial charge in [0, 0.05) is 21.5 Å². The largest absolute Gasteiger partial charge is 0.487 e. The van der Waals surface area contributed by atoms with Crippen LogP contribution in [0.1, 0.15) is 11.3 Å². The Morgan fingerprint density at radius 2 is 1.51 bits per heavy atom. The van der Waals surface area contributed by atoms with Crippen LogP contribution >= 0.6 is 11.6 Å². The van der Waals surface area contributed by atoms with Crippen LogP contribution in [0, 0.1) is 0 Å². The van der Waals surface area contributed by atoms with Crippen LogP contribution in [0.15, 0.2) is 109 Å². The molecule has 2 heterocycles. The molecule has 4 aromatic carbocycles. The van der Waals surface area contributed by atoms with Crippen molar-refractivity contribution in [3.8, 4) is 28.4 Å². The zero-order valence-electron chi connectivity index (χ0n) is 19.8. The highest BCUT2D eigenvalue weighted by atomic mass is 35.5. The molecule has 0 radical (unpaired) electrons. The third kappa shape index (κ3) is 5.20. The lowest BCUT2D eigenvalue weighted by molar-refractivity contribution is 0.301. The van der Waals surface area contributed by atoms with E-state index in [1.165, 1.54) is 5.56 Å². The molecular weight excluding hydrogens is 482 g/mol. The Labute approximate surface area is 219 Å². The van der Waals surface area contributed by atoms with E-state index in [1.54, 1.807) is 0 Å². The second-order valence-electron chi connectivity index (χ2n) is 8.63. The van der Waals surface area contributed by atoms with Crippen LogP contribution in [0.5, 0.6) is 5.75 Å². The van der Waals surface area contributed by atoms with Gasteiger partial charge < -0.3 is 4.74 Å². The maximum Gasteiger partial charge on any atom is 0.160 e. The van der Waals surface area contributed by atoms with Gasteiger partial charge in [0.15, 0.2) is 5.82 Å². The van der Waals surface area contributed by atoms with Gasteiger partial charge in [-0.3, -0.25) is 0 Å². The topological polar surface area (TPSA) is 65.7 Å². The Kier molecular flexibility index (Phi) is 6.31. The molecule has 7 heteroatoms. The summed E-state index contributed by atoms with van der Waals surface area (Å²) >= 11 is 6.28. The maximum atomic E-state index is 6.28. The van der Waals surface area contributed by atoms with Gasteiger partial charge in [0.25, 0.3) is 0 Å². The van der Waals surface area contributed by atoms with Crippen molar-refractivity contribution in [1.29, 1.82) is 0 Å². The SMILES string of the molecule is Clc1ccc2nc(-c3ccc(OCc4cn(Cc5ccccc5)nn4)cc3)nc(-c3ccccc3)c2c1. The fourth-order valence-electron chi connectivity index (χ4n) is 4.16. The summed E-state index contributed by atoms with van der Waals surface area (Å²) in [7, 11) is 0. The van der Waals surface area contributed by atoms with Crippen LogP contribution in [-0.4, -0.2) is 25.0 Å². The van der Waals surface area contributed by atoms with Crippen molar-refractivity contribution < 1.29 is 4.74 Å². The molecule has 6 rings (SSSR count). The fourth-order valence-corrected chi connectivity index (χ4v) is 4.33. The summed E-state index contributed by atoms with van der Waals surface area (Å²) < 4.78 is 7.76. The van der Waals surface area contributed by atoms with Gasteiger partial charge in [-0.2, -0.15) is 0 Å². The molecule has 0 bridgehead atoms. The molecule has 0 amide bonds. The Morgan fingerprint density at radius 1 is 0.757 bits per heavy atom. The Balaban J connectivity index is 1.20. The highest BCUT2D eigenvalue weighted by Crippen LogP contribution is 2.31. The minimum atomic E-state index is 0.333. The minimum Gasteiger partial charge on any atom is -0.487 e. The molecule has 0 unspecified atom stereocenters. The summed E-state index contributed by atoms with van der Waals surface area (Å²) in [6.07, 6.45) is 1.90. The van der Waals surface area contributed by atoms with Gasteiger partial charge in [-0.15, -0.1) is 5.10 Å². The first-order chi connectivity index (χ1) is 18.2. The van der Waals surface area contributed by atoms with Gasteiger partial charge in [0.05, 0.1) is 24.0 Å². The molecule has 0 aliphatic carbocycles. The Hall–Kier alpha value is -4.55. The lowest BCUT2D eigenvalue weighted by Gasteiger charge is -2.10. The van der Waals surface area contributed by atoms with E-state index >= 15 is 0 Å². The van der Waals surface area contributed by atoms with Crippen molar-refractivity contribution in [2.75, 3.05) is 0 Å². The van der Waals surface area contributed by atoms with Crippen molar-refractivity contribution in [3.05, 3.63) is 126 Å². The van der Waals surface area contributed by atoms with E-state index in [2.05, 4.69) is 22.4 Å². The third-order valence-electron chi connectivity index (χ3n) is 5.98. The second kappa shape index (κ2) is 10.2. The molecule has 0 spiro atoms. The minimum absolute atomic E-state index is 0.333. The number of benzene rings is 4. The van der Waals surface area contributed by atoms with Gasteiger partial charge in [-0.1, -0.05) is 77.5 Å². The second-order valence-corrected chi connectivity index (χ2v) is 9.07. The van der Waals surface area contributed by atoms with Crippen LogP contribution in [0.2, 0.25) is 5.02 Å². The van der Waals surface area contributed by atoms with Gasteiger partial charge >= 0.3 is 0 Å². The number of halogens is 1. The Bertz CT molecular complexity index is 1650. The highest BCUT2D eigenvalue weighted by molar-refractivity contribution is 6.31. The number of hydrogen-bond donors (Lipinski definition) is 0. The first-order valence-electron chi connectivity index (χ1n) is 11.9. The number of ether oxygens (including phenoxy) is 1. The van der Waals surface area contributed by atoms with E-state index in [0.29, 0.717) is 24.0 Å². The summed E-state index contributed by atoms with van der Waals surface area (Å²) in [5, 5.41) is 10.0. The van der Waals surface area contributed by atoms with E-state index < -0.39 is 0 Å². The van der Waals surface area contributed by atoms with Gasteiger partial charge in [-0.25, -0.2) is 14.6 Å². The molecular formula is C30H22ClN5O. The summed E-state index contributed by atoms with van der Waals surface area (Å²) in [6, 6.07) is 33.7. The van der Waals surface area contributed by atoms with Crippen molar-refractivity contribution >= 4 is 22.5 Å². The standard InChI is InChI=1S/C30H22ClN5O/c31-24-13-16-28-27(17-24)29(22-9-5-2-6-10-22)33-30(32-28)23-11-14-26(15-12-23)37-20-25-19-36(35-34-25)18-21-7-3-1-4-8-21/h1-17,19H,18,20H2. The molecule has 6 nitrogen and oxygen atoms in total. The first kappa shape index (κ1) is 22.9. The molecule has 0 atom stereocenters. The van der Waals surface area contributed by atoms with Crippen molar-refractivity contribution in [3.63, 3.8) is 0 Å². The van der Waals surface area contributed by atoms with Gasteiger partial charge in [0.1, 0.15) is 18.1 Å². The molecule has 0 saturated heterocycles. The summed E-state index contributed by atoms with van der Waals surface area (Å²) in [5.74, 6) is 1.38. The average molecular weight is 504 g/mol. The number of rotatable bonds is 7. The van der Waals surface area contributed by atoms with Crippen LogP contribution in [-0.2, 0) is 13.2 Å². The lowest BCUT2D eigenvalue weighted by atomic mass is 10.1. The van der Waals surface area contributed by atoms with Crippen LogP contribution in [0.4, 0.5) is 0 Å². The van der Waals surface area contributed by atoms with Crippen LogP contribution in [0.3, 0.4) is 0 Å². The summed E-state index contributed by atoms with van der Waals surface area (Å²) in [5.41, 5.74) is 5.54. The smallest absolute Gasteiger partial charge is 0.160 e. The summed E-state index contributed by atoms with van der Waals surface area (Å²) in [6.45, 7) is 1.00. The average Bonchev–Trinajstić information content (AvgIpc) is 3.40. The number of fused-ring (bicyclic) bond motifs is 1. The van der Waals surface area contributed by atoms with E-state index in [4.69, 9.17) is 26.3 Å². The predicted octanol–water partition coefficient (Wildman–Crippen LogP) is 6.84. The molecule has 0 fully saturated rings. The number of aromatic nitrogens is 5. The fraction of sp³-hybridized carbons (Fsp3) is 0.0667. The predicted molar refractivity (Wildman–Crippen MR) is 145 cm³/mol. The highest BCUT2D eigenvalue weighted by Gasteiger charge is 2.12. The quantitative estimate of drug-likeness (QED) is 0.239. The van der Waals surface area contributed by atoms with E-state index in [9.17, 15) is 0 Å². The maximum absolute atomic E-state index is 6.28. The molecule has 0 aliphatic heterocycles. The zero-order valence-corrected chi connectivity index (χ0v) is 20.6. The number of hydrogen-bond acceptors (Lipinski definition) is 5. The molecule has 0 N–H and O–H groups in total. The summed E-state index contributed by atoms with van der Waals surface area (Å²) in [4.78, 5) is 9.71. The normalized spacial score (nSPS) is 11.1. The Morgan fingerprint density at radius 3 is 2.30 bits per heavy atom. The number of nitrogens with zero attached hydrogens (tertiary/aromatic N) is 5. The van der Waals surface area contributed by atoms with E-state index in [1.807, 2.05) is 102 Å². The molecule has 6 aromatic rings. The molecule has 2 aromatic heterocycles. The van der Waals surface area contributed by atoms with Crippen molar-refractivity contribution in [2.45, 2.75) is 13.2 Å². The van der Waals surface area contributed by atoms with E-state index in [-0.39, 0.29) is 0 Å². The van der Waals surface area contributed by atoms with Crippen molar-refractivity contribution in [2.24, 2.45) is 0 Å². The van der Waals surface area contributed by atoms with Crippen LogP contribution < -0.4 is 4.74 Å². The lowest BCUT2D eigenvalue weighted by Crippen LogP contribution is -2.00. The monoisotopic (exact) mass is 503 g/mol. The van der Waals surface area contributed by atoms with Gasteiger partial charge in [-0.05, 0) is 48.0 Å². The zero-order chi connectivity index (χ0) is 25.0. The molecule has 180 valence electrons. The third-order valence-corrected chi connectivity index (χ3v) is 6.21. The molecule has 0 saturated carbocycles. The first-order valence-corrected chi connectivity index (χ1v) is 12.3. The molecule has 37 heavy (non-hydrogen) atoms. The van der Waals surface area contributed by atoms with Gasteiger partial charge in [0.2, 0.25) is 0 Å². The molecule has 0 aliphatic rings. The van der Waals surface area contributed by atoms with Crippen LogP contribution in [0.25, 0.3) is 33.5 Å². The van der Waals surface area contributed by atoms with E-state index in [0.717, 1.165) is 39.2 Å².